The molecule has 3 aromatic carbocycles. The summed E-state index contributed by atoms with van der Waals surface area (Å²) in [6.07, 6.45) is -1.00. The van der Waals surface area contributed by atoms with E-state index in [4.69, 9.17) is 9.47 Å². The Morgan fingerprint density at radius 2 is 1.84 bits per heavy atom. The van der Waals surface area contributed by atoms with Gasteiger partial charge in [0.2, 0.25) is 5.88 Å². The van der Waals surface area contributed by atoms with Crippen LogP contribution in [0.25, 0.3) is 10.9 Å². The summed E-state index contributed by atoms with van der Waals surface area (Å²) in [7, 11) is -3.02. The summed E-state index contributed by atoms with van der Waals surface area (Å²) in [5.41, 5.74) is 1.15. The Bertz CT molecular complexity index is 1510. The number of nitrogens with one attached hydrogen (secondary N) is 3. The number of hydrogen-bond acceptors (Lipinski definition) is 7. The lowest BCUT2D eigenvalue weighted by Crippen LogP contribution is -2.26. The number of aliphatic hydroxyl groups excluding tert-OH is 1. The third-order valence-electron chi connectivity index (χ3n) is 5.37. The number of methoxy groups -OCH3 is 1. The number of sulfonamides is 1. The second kappa shape index (κ2) is 11.1. The molecule has 0 saturated carbocycles. The van der Waals surface area contributed by atoms with Gasteiger partial charge in [-0.3, -0.25) is 9.82 Å². The smallest absolute Gasteiger partial charge is 0.264 e. The van der Waals surface area contributed by atoms with Gasteiger partial charge in [-0.15, -0.1) is 5.10 Å². The van der Waals surface area contributed by atoms with Crippen LogP contribution in [0.5, 0.6) is 11.6 Å². The van der Waals surface area contributed by atoms with Gasteiger partial charge in [0.05, 0.1) is 24.1 Å². The normalized spacial score (nSPS) is 12.5. The number of anilines is 1. The van der Waals surface area contributed by atoms with Crippen LogP contribution in [0.2, 0.25) is 0 Å². The molecule has 0 unspecified atom stereocenters. The molecule has 0 aliphatic rings. The van der Waals surface area contributed by atoms with E-state index in [9.17, 15) is 26.7 Å². The van der Waals surface area contributed by atoms with Gasteiger partial charge in [-0.25, -0.2) is 21.6 Å². The molecule has 0 aliphatic heterocycles. The number of nitrogens with zero attached hydrogens (tertiary/aromatic N) is 1. The number of aliphatic hydroxyl groups is 1. The molecule has 196 valence electrons. The number of aromatic amines is 1. The summed E-state index contributed by atoms with van der Waals surface area (Å²) in [5.74, 6) is -3.32. The second-order valence-corrected chi connectivity index (χ2v) is 9.59. The average Bonchev–Trinajstić information content (AvgIpc) is 3.28. The van der Waals surface area contributed by atoms with Crippen LogP contribution in [0, 0.1) is 17.5 Å². The molecule has 9 nitrogen and oxygen atoms in total. The first kappa shape index (κ1) is 26.3. The van der Waals surface area contributed by atoms with Crippen molar-refractivity contribution in [2.75, 3.05) is 31.5 Å². The van der Waals surface area contributed by atoms with Gasteiger partial charge in [0.25, 0.3) is 10.0 Å². The fraction of sp³-hybridized carbons (Fsp3) is 0.208. The van der Waals surface area contributed by atoms with E-state index < -0.39 is 38.5 Å². The molecule has 4 rings (SSSR count). The van der Waals surface area contributed by atoms with Crippen molar-refractivity contribution in [3.05, 3.63) is 77.6 Å². The SMILES string of the molecule is COc1n[nH]c2cc(OCCNC[C@H](O)c3cccc(NS(=O)(=O)c4cc(F)c(F)cc4F)c3)ccc12. The van der Waals surface area contributed by atoms with Crippen LogP contribution in [-0.4, -0.2) is 50.5 Å². The van der Waals surface area contributed by atoms with Crippen molar-refractivity contribution in [1.82, 2.24) is 15.5 Å². The first-order valence-electron chi connectivity index (χ1n) is 11.0. The van der Waals surface area contributed by atoms with Crippen molar-refractivity contribution in [2.45, 2.75) is 11.0 Å². The van der Waals surface area contributed by atoms with E-state index in [1.165, 1.54) is 25.3 Å². The van der Waals surface area contributed by atoms with Crippen molar-refractivity contribution in [3.8, 4) is 11.6 Å². The number of benzene rings is 3. The van der Waals surface area contributed by atoms with Crippen LogP contribution in [0.3, 0.4) is 0 Å². The summed E-state index contributed by atoms with van der Waals surface area (Å²) in [6.45, 7) is 0.848. The fourth-order valence-corrected chi connectivity index (χ4v) is 4.67. The maximum Gasteiger partial charge on any atom is 0.264 e. The number of halogens is 3. The van der Waals surface area contributed by atoms with E-state index in [1.807, 2.05) is 6.07 Å². The molecule has 1 heterocycles. The Hall–Kier alpha value is -3.81. The molecule has 0 aliphatic carbocycles. The minimum absolute atomic E-state index is 0.00912. The Labute approximate surface area is 210 Å². The Balaban J connectivity index is 1.30. The van der Waals surface area contributed by atoms with E-state index in [2.05, 4.69) is 20.2 Å². The first-order chi connectivity index (χ1) is 17.7. The van der Waals surface area contributed by atoms with Crippen molar-refractivity contribution >= 4 is 26.6 Å². The quantitative estimate of drug-likeness (QED) is 0.171. The number of ether oxygens (including phenoxy) is 2. The fourth-order valence-electron chi connectivity index (χ4n) is 3.55. The lowest BCUT2D eigenvalue weighted by Gasteiger charge is -2.15. The first-order valence-corrected chi connectivity index (χ1v) is 12.5. The zero-order chi connectivity index (χ0) is 26.6. The molecule has 1 aromatic heterocycles. The highest BCUT2D eigenvalue weighted by molar-refractivity contribution is 7.92. The Morgan fingerprint density at radius 3 is 2.62 bits per heavy atom. The summed E-state index contributed by atoms with van der Waals surface area (Å²) in [4.78, 5) is -1.04. The molecule has 4 N–H and O–H groups in total. The van der Waals surface area contributed by atoms with Gasteiger partial charge in [-0.2, -0.15) is 0 Å². The second-order valence-electron chi connectivity index (χ2n) is 7.94. The van der Waals surface area contributed by atoms with Crippen molar-refractivity contribution in [1.29, 1.82) is 0 Å². The molecule has 4 aromatic rings. The van der Waals surface area contributed by atoms with Crippen LogP contribution in [-0.2, 0) is 10.0 Å². The van der Waals surface area contributed by atoms with Gasteiger partial charge in [-0.05, 0) is 29.8 Å². The zero-order valence-electron chi connectivity index (χ0n) is 19.5. The van der Waals surface area contributed by atoms with E-state index in [0.29, 0.717) is 30.3 Å². The van der Waals surface area contributed by atoms with E-state index in [0.717, 1.165) is 10.9 Å². The van der Waals surface area contributed by atoms with Crippen molar-refractivity contribution in [3.63, 3.8) is 0 Å². The third-order valence-corrected chi connectivity index (χ3v) is 6.76. The topological polar surface area (TPSA) is 126 Å². The number of aromatic nitrogens is 2. The summed E-state index contributed by atoms with van der Waals surface area (Å²) in [6, 6.07) is 11.6. The van der Waals surface area contributed by atoms with Gasteiger partial charge in [0.15, 0.2) is 11.6 Å². The summed E-state index contributed by atoms with van der Waals surface area (Å²) in [5, 5.41) is 21.2. The van der Waals surface area contributed by atoms with E-state index >= 15 is 0 Å². The van der Waals surface area contributed by atoms with Gasteiger partial charge in [0, 0.05) is 37.0 Å². The van der Waals surface area contributed by atoms with Crippen molar-refractivity contribution in [2.24, 2.45) is 0 Å². The lowest BCUT2D eigenvalue weighted by atomic mass is 10.1. The molecular formula is C24H23F3N4O5S. The van der Waals surface area contributed by atoms with Gasteiger partial charge in [-0.1, -0.05) is 12.1 Å². The third kappa shape index (κ3) is 6.13. The number of fused-ring (bicyclic) bond motifs is 1. The molecule has 0 radical (unpaired) electrons. The van der Waals surface area contributed by atoms with Gasteiger partial charge in [0.1, 0.15) is 23.1 Å². The van der Waals surface area contributed by atoms with Crippen LogP contribution < -0.4 is 19.5 Å². The predicted molar refractivity (Wildman–Crippen MR) is 130 cm³/mol. The standard InChI is InChI=1S/C24H23F3N4O5S/c1-35-24-17-6-5-16(10-21(17)29-30-24)36-8-7-28-13-22(32)14-3-2-4-15(9-14)31-37(33,34)23-12-19(26)18(25)11-20(23)27/h2-6,9-12,22,28,31-32H,7-8,13H2,1H3,(H,29,30)/t22-/m0/s1. The lowest BCUT2D eigenvalue weighted by molar-refractivity contribution is 0.172. The predicted octanol–water partition coefficient (Wildman–Crippen LogP) is 3.49. The van der Waals surface area contributed by atoms with Crippen LogP contribution in [0.15, 0.2) is 59.5 Å². The maximum absolute atomic E-state index is 13.9. The maximum atomic E-state index is 13.9. The molecule has 13 heteroatoms. The molecule has 0 bridgehead atoms. The van der Waals surface area contributed by atoms with E-state index in [1.54, 1.807) is 18.2 Å². The molecule has 37 heavy (non-hydrogen) atoms. The molecule has 0 fully saturated rings. The van der Waals surface area contributed by atoms with Gasteiger partial charge < -0.3 is 19.9 Å². The van der Waals surface area contributed by atoms with Crippen LogP contribution >= 0.6 is 0 Å². The molecule has 0 amide bonds. The molecule has 0 saturated heterocycles. The Kier molecular flexibility index (Phi) is 7.86. The molecule has 1 atom stereocenters. The highest BCUT2D eigenvalue weighted by Gasteiger charge is 2.22. The van der Waals surface area contributed by atoms with Crippen molar-refractivity contribution < 1.29 is 36.2 Å². The highest BCUT2D eigenvalue weighted by Crippen LogP contribution is 2.26. The van der Waals surface area contributed by atoms with Gasteiger partial charge >= 0.3 is 0 Å². The number of H-pyrrole nitrogens is 1. The molecular weight excluding hydrogens is 513 g/mol. The minimum atomic E-state index is -4.55. The monoisotopic (exact) mass is 536 g/mol. The summed E-state index contributed by atoms with van der Waals surface area (Å²) >= 11 is 0. The highest BCUT2D eigenvalue weighted by atomic mass is 32.2. The van der Waals surface area contributed by atoms with Crippen LogP contribution in [0.4, 0.5) is 18.9 Å². The minimum Gasteiger partial charge on any atom is -0.492 e. The van der Waals surface area contributed by atoms with Crippen LogP contribution in [0.1, 0.15) is 11.7 Å². The summed E-state index contributed by atoms with van der Waals surface area (Å²) < 4.78 is 78.4. The average molecular weight is 537 g/mol. The largest absolute Gasteiger partial charge is 0.492 e. The zero-order valence-corrected chi connectivity index (χ0v) is 20.3. The number of hydrogen-bond donors (Lipinski definition) is 4. The molecule has 0 spiro atoms. The Morgan fingerprint density at radius 1 is 1.05 bits per heavy atom. The van der Waals surface area contributed by atoms with E-state index in [-0.39, 0.29) is 24.4 Å². The number of rotatable bonds is 11.